The van der Waals surface area contributed by atoms with E-state index in [1.807, 2.05) is 6.92 Å². The van der Waals surface area contributed by atoms with Crippen LogP contribution in [0.25, 0.3) is 0 Å². The monoisotopic (exact) mass is 252 g/mol. The van der Waals surface area contributed by atoms with Crippen LogP contribution in [-0.4, -0.2) is 21.8 Å². The summed E-state index contributed by atoms with van der Waals surface area (Å²) in [7, 11) is 0. The molecule has 2 unspecified atom stereocenters. The minimum Gasteiger partial charge on any atom is -0.481 e. The quantitative estimate of drug-likeness (QED) is 0.516. The van der Waals surface area contributed by atoms with Gasteiger partial charge in [-0.25, -0.2) is 0 Å². The molecule has 0 amide bonds. The predicted octanol–water partition coefficient (Wildman–Crippen LogP) is 2.99. The highest BCUT2D eigenvalue weighted by atomic mass is 16.4. The van der Waals surface area contributed by atoms with Crippen molar-refractivity contribution in [1.29, 1.82) is 0 Å². The highest BCUT2D eigenvalue weighted by molar-refractivity contribution is 5.69. The Morgan fingerprint density at radius 2 is 2.17 bits per heavy atom. The molecular formula is C15H24O3. The van der Waals surface area contributed by atoms with E-state index in [1.54, 1.807) is 13.8 Å². The molecule has 2 N–H and O–H groups in total. The van der Waals surface area contributed by atoms with E-state index in [1.165, 1.54) is 5.57 Å². The Labute approximate surface area is 110 Å². The largest absolute Gasteiger partial charge is 0.481 e. The maximum Gasteiger partial charge on any atom is 0.306 e. The van der Waals surface area contributed by atoms with Crippen molar-refractivity contribution in [2.24, 2.45) is 5.92 Å². The lowest BCUT2D eigenvalue weighted by Crippen LogP contribution is -2.20. The fourth-order valence-electron chi connectivity index (χ4n) is 1.58. The molecule has 102 valence electrons. The highest BCUT2D eigenvalue weighted by Gasteiger charge is 2.14. The van der Waals surface area contributed by atoms with Crippen LogP contribution < -0.4 is 0 Å². The third-order valence-electron chi connectivity index (χ3n) is 3.06. The second-order valence-electron chi connectivity index (χ2n) is 5.14. The van der Waals surface area contributed by atoms with E-state index in [0.717, 1.165) is 19.3 Å². The first-order valence-electron chi connectivity index (χ1n) is 6.37. The van der Waals surface area contributed by atoms with Crippen molar-refractivity contribution >= 4 is 5.97 Å². The summed E-state index contributed by atoms with van der Waals surface area (Å²) in [6.07, 6.45) is 11.0. The molecule has 0 aromatic heterocycles. The van der Waals surface area contributed by atoms with E-state index in [0.29, 0.717) is 12.8 Å². The topological polar surface area (TPSA) is 57.5 Å². The van der Waals surface area contributed by atoms with Crippen LogP contribution in [0.1, 0.15) is 52.9 Å². The van der Waals surface area contributed by atoms with Gasteiger partial charge in [-0.15, -0.1) is 6.42 Å². The molecule has 2 atom stereocenters. The van der Waals surface area contributed by atoms with E-state index < -0.39 is 11.6 Å². The van der Waals surface area contributed by atoms with Crippen molar-refractivity contribution in [3.63, 3.8) is 0 Å². The van der Waals surface area contributed by atoms with Crippen LogP contribution in [0.4, 0.5) is 0 Å². The van der Waals surface area contributed by atoms with Gasteiger partial charge in [0.15, 0.2) is 0 Å². The van der Waals surface area contributed by atoms with Crippen molar-refractivity contribution in [3.05, 3.63) is 11.6 Å². The fourth-order valence-corrected chi connectivity index (χ4v) is 1.58. The number of aliphatic hydroxyl groups is 1. The first kappa shape index (κ1) is 16.7. The number of carboxylic acid groups (broad SMARTS) is 1. The lowest BCUT2D eigenvalue weighted by atomic mass is 9.98. The zero-order valence-electron chi connectivity index (χ0n) is 11.6. The third kappa shape index (κ3) is 7.92. The van der Waals surface area contributed by atoms with E-state index in [2.05, 4.69) is 12.0 Å². The summed E-state index contributed by atoms with van der Waals surface area (Å²) >= 11 is 0. The van der Waals surface area contributed by atoms with Crippen LogP contribution >= 0.6 is 0 Å². The molecule has 0 aromatic rings. The molecule has 0 saturated heterocycles. The van der Waals surface area contributed by atoms with Crippen LogP contribution in [0.5, 0.6) is 0 Å². The SMILES string of the molecule is C#CC(C)(O)CCC=C(C)CCCC(C)C(=O)O. The maximum atomic E-state index is 10.6. The first-order chi connectivity index (χ1) is 8.28. The predicted molar refractivity (Wildman–Crippen MR) is 73.1 cm³/mol. The van der Waals surface area contributed by atoms with Crippen molar-refractivity contribution in [2.45, 2.75) is 58.5 Å². The van der Waals surface area contributed by atoms with Crippen LogP contribution in [-0.2, 0) is 4.79 Å². The lowest BCUT2D eigenvalue weighted by Gasteiger charge is -2.14. The molecule has 0 spiro atoms. The second-order valence-corrected chi connectivity index (χ2v) is 5.14. The van der Waals surface area contributed by atoms with Gasteiger partial charge in [-0.05, 0) is 46.0 Å². The van der Waals surface area contributed by atoms with Crippen LogP contribution in [0.15, 0.2) is 11.6 Å². The lowest BCUT2D eigenvalue weighted by molar-refractivity contribution is -0.141. The number of allylic oxidation sites excluding steroid dienone is 2. The Balaban J connectivity index is 3.86. The minimum absolute atomic E-state index is 0.278. The summed E-state index contributed by atoms with van der Waals surface area (Å²) in [6.45, 7) is 5.38. The standard InChI is InChI=1S/C15H24O3/c1-5-15(4,18)11-7-9-12(2)8-6-10-13(3)14(16)17/h1,9,13,18H,6-8,10-11H2,2-4H3,(H,16,17). The molecule has 0 rings (SSSR count). The normalized spacial score (nSPS) is 16.7. The molecule has 0 aromatic carbocycles. The average molecular weight is 252 g/mol. The van der Waals surface area contributed by atoms with Gasteiger partial charge >= 0.3 is 5.97 Å². The Morgan fingerprint density at radius 3 is 2.67 bits per heavy atom. The number of terminal acetylenes is 1. The molecule has 0 heterocycles. The van der Waals surface area contributed by atoms with E-state index in [-0.39, 0.29) is 5.92 Å². The Hall–Kier alpha value is -1.27. The second kappa shape index (κ2) is 7.94. The number of carboxylic acids is 1. The van der Waals surface area contributed by atoms with Gasteiger partial charge in [0, 0.05) is 0 Å². The van der Waals surface area contributed by atoms with Crippen molar-refractivity contribution in [1.82, 2.24) is 0 Å². The average Bonchev–Trinajstić information content (AvgIpc) is 2.28. The molecular weight excluding hydrogens is 228 g/mol. The molecule has 18 heavy (non-hydrogen) atoms. The summed E-state index contributed by atoms with van der Waals surface area (Å²) in [5.74, 6) is 1.33. The third-order valence-corrected chi connectivity index (χ3v) is 3.06. The van der Waals surface area contributed by atoms with Gasteiger partial charge in [0.05, 0.1) is 5.92 Å². The Bertz CT molecular complexity index is 334. The van der Waals surface area contributed by atoms with Crippen LogP contribution in [0.2, 0.25) is 0 Å². The van der Waals surface area contributed by atoms with Gasteiger partial charge in [-0.1, -0.05) is 24.5 Å². The van der Waals surface area contributed by atoms with Crippen molar-refractivity contribution in [3.8, 4) is 12.3 Å². The molecule has 3 heteroatoms. The molecule has 0 aliphatic rings. The van der Waals surface area contributed by atoms with E-state index in [9.17, 15) is 9.90 Å². The number of hydrogen-bond donors (Lipinski definition) is 2. The molecule has 0 radical (unpaired) electrons. The zero-order chi connectivity index (χ0) is 14.2. The maximum absolute atomic E-state index is 10.6. The molecule has 0 bridgehead atoms. The van der Waals surface area contributed by atoms with Gasteiger partial charge in [0.25, 0.3) is 0 Å². The number of rotatable bonds is 8. The first-order valence-corrected chi connectivity index (χ1v) is 6.37. The van der Waals surface area contributed by atoms with Gasteiger partial charge in [0.1, 0.15) is 5.60 Å². The van der Waals surface area contributed by atoms with Gasteiger partial charge in [-0.2, -0.15) is 0 Å². The van der Waals surface area contributed by atoms with Gasteiger partial charge in [0.2, 0.25) is 0 Å². The molecule has 0 aliphatic heterocycles. The molecule has 0 fully saturated rings. The van der Waals surface area contributed by atoms with E-state index in [4.69, 9.17) is 11.5 Å². The fraction of sp³-hybridized carbons (Fsp3) is 0.667. The summed E-state index contributed by atoms with van der Waals surface area (Å²) < 4.78 is 0. The summed E-state index contributed by atoms with van der Waals surface area (Å²) in [5.41, 5.74) is 0.189. The number of aliphatic carboxylic acids is 1. The van der Waals surface area contributed by atoms with E-state index >= 15 is 0 Å². The summed E-state index contributed by atoms with van der Waals surface area (Å²) in [5, 5.41) is 18.4. The van der Waals surface area contributed by atoms with Crippen molar-refractivity contribution < 1.29 is 15.0 Å². The Kier molecular flexibility index (Phi) is 7.38. The summed E-state index contributed by atoms with van der Waals surface area (Å²) in [6, 6.07) is 0. The zero-order valence-corrected chi connectivity index (χ0v) is 11.6. The minimum atomic E-state index is -1.03. The number of carbonyl (C=O) groups is 1. The smallest absolute Gasteiger partial charge is 0.306 e. The number of hydrogen-bond acceptors (Lipinski definition) is 2. The van der Waals surface area contributed by atoms with Crippen LogP contribution in [0.3, 0.4) is 0 Å². The van der Waals surface area contributed by atoms with Crippen molar-refractivity contribution in [2.75, 3.05) is 0 Å². The van der Waals surface area contributed by atoms with Gasteiger partial charge < -0.3 is 10.2 Å². The van der Waals surface area contributed by atoms with Crippen LogP contribution in [0, 0.1) is 18.3 Å². The summed E-state index contributed by atoms with van der Waals surface area (Å²) in [4.78, 5) is 10.6. The molecule has 0 aliphatic carbocycles. The molecule has 3 nitrogen and oxygen atoms in total. The molecule has 0 saturated carbocycles. The highest BCUT2D eigenvalue weighted by Crippen LogP contribution is 2.16. The van der Waals surface area contributed by atoms with Gasteiger partial charge in [-0.3, -0.25) is 4.79 Å². The Morgan fingerprint density at radius 1 is 1.56 bits per heavy atom.